The van der Waals surface area contributed by atoms with Gasteiger partial charge in [0.05, 0.1) is 5.92 Å². The highest BCUT2D eigenvalue weighted by atomic mass is 19.4. The van der Waals surface area contributed by atoms with Crippen molar-refractivity contribution in [1.82, 2.24) is 5.32 Å². The molecule has 0 saturated carbocycles. The van der Waals surface area contributed by atoms with E-state index >= 15 is 0 Å². The minimum Gasteiger partial charge on any atom is -0.317 e. The molecule has 1 aliphatic carbocycles. The molecule has 0 spiro atoms. The maximum Gasteiger partial charge on any atom is 0.449 e. The minimum atomic E-state index is -5.82. The summed E-state index contributed by atoms with van der Waals surface area (Å²) in [6.07, 6.45) is -17.9. The third-order valence-corrected chi connectivity index (χ3v) is 4.26. The molecule has 1 N–H and O–H groups in total. The van der Waals surface area contributed by atoms with Gasteiger partial charge in [-0.3, -0.25) is 4.79 Å². The number of carbonyl (C=O) groups is 1. The lowest BCUT2D eigenvalue weighted by Gasteiger charge is -2.37. The Labute approximate surface area is 150 Å². The van der Waals surface area contributed by atoms with Crippen LogP contribution in [-0.4, -0.2) is 41.6 Å². The Hall–Kier alpha value is -2.60. The summed E-state index contributed by atoms with van der Waals surface area (Å²) in [4.78, 5) is 17.4. The lowest BCUT2D eigenvalue weighted by Crippen LogP contribution is -2.60. The van der Waals surface area contributed by atoms with Crippen molar-refractivity contribution in [2.45, 2.75) is 30.6 Å². The molecule has 2 aliphatic rings. The number of alkyl halides is 9. The number of nitrogens with zero attached hydrogens (tertiary/aromatic N) is 2. The number of halogens is 9. The number of carbonyl (C=O) groups excluding carboxylic acids is 1. The van der Waals surface area contributed by atoms with Crippen molar-refractivity contribution in [3.8, 4) is 0 Å². The summed E-state index contributed by atoms with van der Waals surface area (Å²) in [6.45, 7) is 0. The molecule has 13 heteroatoms. The van der Waals surface area contributed by atoms with Gasteiger partial charge in [0.15, 0.2) is 5.78 Å². The average Bonchev–Trinajstić information content (AvgIpc) is 2.89. The van der Waals surface area contributed by atoms with E-state index in [0.29, 0.717) is 0 Å². The maximum atomic E-state index is 13.8. The van der Waals surface area contributed by atoms with Gasteiger partial charge in [-0.1, -0.05) is 24.3 Å². The third kappa shape index (κ3) is 3.11. The van der Waals surface area contributed by atoms with E-state index in [4.69, 9.17) is 0 Å². The predicted molar refractivity (Wildman–Crippen MR) is 76.9 cm³/mol. The van der Waals surface area contributed by atoms with E-state index in [1.807, 2.05) is 0 Å². The maximum absolute atomic E-state index is 13.8. The monoisotopic (exact) mass is 417 g/mol. The molecule has 4 nitrogen and oxygen atoms in total. The quantitative estimate of drug-likeness (QED) is 0.707. The first-order valence-electron chi connectivity index (χ1n) is 7.47. The van der Waals surface area contributed by atoms with E-state index in [2.05, 4.69) is 9.98 Å². The number of hydrogen-bond acceptors (Lipinski definition) is 4. The Bertz CT molecular complexity index is 850. The van der Waals surface area contributed by atoms with Gasteiger partial charge in [0.1, 0.15) is 0 Å². The van der Waals surface area contributed by atoms with Crippen LogP contribution < -0.4 is 5.32 Å². The van der Waals surface area contributed by atoms with Gasteiger partial charge in [-0.25, -0.2) is 9.98 Å². The van der Waals surface area contributed by atoms with Gasteiger partial charge in [-0.05, 0) is 12.0 Å². The molecule has 0 aromatic heterocycles. The predicted octanol–water partition coefficient (Wildman–Crippen LogP) is 3.83. The van der Waals surface area contributed by atoms with Gasteiger partial charge in [0, 0.05) is 5.56 Å². The number of fused-ring (bicyclic) bond motifs is 1. The molecule has 1 aromatic rings. The Morgan fingerprint density at radius 2 is 1.39 bits per heavy atom. The fraction of sp³-hybridized carbons (Fsp3) is 0.400. The van der Waals surface area contributed by atoms with Crippen molar-refractivity contribution in [2.75, 3.05) is 0 Å². The zero-order chi connectivity index (χ0) is 21.1. The fourth-order valence-electron chi connectivity index (χ4n) is 3.05. The van der Waals surface area contributed by atoms with Gasteiger partial charge in [-0.2, -0.15) is 39.5 Å². The molecule has 0 saturated heterocycles. The molecule has 3 rings (SSSR count). The van der Waals surface area contributed by atoms with Crippen LogP contribution in [0.25, 0.3) is 0 Å². The van der Waals surface area contributed by atoms with Crippen LogP contribution in [0.3, 0.4) is 0 Å². The van der Waals surface area contributed by atoms with Crippen molar-refractivity contribution in [3.05, 3.63) is 35.4 Å². The summed E-state index contributed by atoms with van der Waals surface area (Å²) >= 11 is 0. The minimum absolute atomic E-state index is 0.0483. The van der Waals surface area contributed by atoms with Gasteiger partial charge in [0.2, 0.25) is 11.7 Å². The summed E-state index contributed by atoms with van der Waals surface area (Å²) in [7, 11) is 0. The van der Waals surface area contributed by atoms with E-state index < -0.39 is 54.0 Å². The van der Waals surface area contributed by atoms with Crippen molar-refractivity contribution >= 4 is 17.5 Å². The molecule has 1 aromatic carbocycles. The molecule has 152 valence electrons. The Balaban J connectivity index is 2.26. The van der Waals surface area contributed by atoms with Crippen molar-refractivity contribution < 1.29 is 44.3 Å². The van der Waals surface area contributed by atoms with Crippen LogP contribution in [0.2, 0.25) is 0 Å². The highest BCUT2D eigenvalue weighted by Crippen LogP contribution is 2.48. The summed E-state index contributed by atoms with van der Waals surface area (Å²) in [5.41, 5.74) is -4.46. The highest BCUT2D eigenvalue weighted by molar-refractivity contribution is 6.09. The number of nitrogens with one attached hydrogen (secondary N) is 1. The number of benzene rings is 1. The lowest BCUT2D eigenvalue weighted by atomic mass is 9.88. The first-order chi connectivity index (χ1) is 12.7. The molecule has 0 bridgehead atoms. The number of aliphatic imine (C=N–C) groups is 2. The van der Waals surface area contributed by atoms with Crippen LogP contribution in [0, 0.1) is 5.92 Å². The smallest absolute Gasteiger partial charge is 0.317 e. The SMILES string of the molecule is O=C1c2ccccc2C[C@@H]1C1(C(F)(F)F)N=C(C(F)(F)F)NC(C(F)(F)F)=N1. The van der Waals surface area contributed by atoms with Crippen LogP contribution in [-0.2, 0) is 6.42 Å². The standard InChI is InChI=1S/C15H8F9N3O/c16-13(17,18)10-25-11(14(19,20)21)27-12(26-10,15(22,23)24)8-5-6-3-1-2-4-7(6)9(8)28/h1-4,8H,5H2,(H,25,26,27)/t8-/m0/s1. The first-order valence-corrected chi connectivity index (χ1v) is 7.47. The molecule has 0 amide bonds. The summed E-state index contributed by atoms with van der Waals surface area (Å²) in [6, 6.07) is 5.05. The number of amidine groups is 2. The van der Waals surface area contributed by atoms with Crippen LogP contribution in [0.4, 0.5) is 39.5 Å². The molecule has 28 heavy (non-hydrogen) atoms. The number of ketones is 1. The molecule has 0 fully saturated rings. The summed E-state index contributed by atoms with van der Waals surface area (Å²) in [5, 5.41) is 0.758. The molecule has 1 aliphatic heterocycles. The van der Waals surface area contributed by atoms with Gasteiger partial charge < -0.3 is 5.32 Å². The van der Waals surface area contributed by atoms with Crippen molar-refractivity contribution in [3.63, 3.8) is 0 Å². The fourth-order valence-corrected chi connectivity index (χ4v) is 3.05. The van der Waals surface area contributed by atoms with Gasteiger partial charge in [-0.15, -0.1) is 0 Å². The van der Waals surface area contributed by atoms with E-state index in [0.717, 1.165) is 11.4 Å². The van der Waals surface area contributed by atoms with Gasteiger partial charge in [0.25, 0.3) is 5.66 Å². The molecule has 1 heterocycles. The zero-order valence-electron chi connectivity index (χ0n) is 13.3. The van der Waals surface area contributed by atoms with Crippen LogP contribution in [0.15, 0.2) is 34.3 Å². The van der Waals surface area contributed by atoms with Crippen molar-refractivity contribution in [2.24, 2.45) is 15.9 Å². The Kier molecular flexibility index (Phi) is 4.28. The molecular weight excluding hydrogens is 409 g/mol. The number of hydrogen-bond donors (Lipinski definition) is 1. The Morgan fingerprint density at radius 1 is 0.893 bits per heavy atom. The second kappa shape index (κ2) is 5.95. The number of Topliss-reactive ketones (excluding diaryl/α,β-unsaturated/α-hetero) is 1. The van der Waals surface area contributed by atoms with Crippen LogP contribution in [0.5, 0.6) is 0 Å². The molecule has 1 atom stereocenters. The zero-order valence-corrected chi connectivity index (χ0v) is 13.3. The van der Waals surface area contributed by atoms with Crippen LogP contribution in [0.1, 0.15) is 15.9 Å². The topological polar surface area (TPSA) is 53.8 Å². The first kappa shape index (κ1) is 20.1. The van der Waals surface area contributed by atoms with Crippen LogP contribution >= 0.6 is 0 Å². The molecular formula is C15H8F9N3O. The largest absolute Gasteiger partial charge is 0.449 e. The second-order valence-electron chi connectivity index (χ2n) is 6.04. The van der Waals surface area contributed by atoms with E-state index in [-0.39, 0.29) is 11.1 Å². The average molecular weight is 417 g/mol. The summed E-state index contributed by atoms with van der Waals surface area (Å²) < 4.78 is 120. The van der Waals surface area contributed by atoms with E-state index in [9.17, 15) is 44.3 Å². The van der Waals surface area contributed by atoms with E-state index in [1.165, 1.54) is 18.2 Å². The van der Waals surface area contributed by atoms with Gasteiger partial charge >= 0.3 is 18.5 Å². The Morgan fingerprint density at radius 3 is 1.82 bits per heavy atom. The lowest BCUT2D eigenvalue weighted by molar-refractivity contribution is -0.194. The van der Waals surface area contributed by atoms with E-state index in [1.54, 1.807) is 0 Å². The van der Waals surface area contributed by atoms with Crippen molar-refractivity contribution in [1.29, 1.82) is 0 Å². The highest BCUT2D eigenvalue weighted by Gasteiger charge is 2.67. The second-order valence-corrected chi connectivity index (χ2v) is 6.04. The molecule has 0 radical (unpaired) electrons. The normalized spacial score (nSPS) is 22.3. The number of rotatable bonds is 1. The third-order valence-electron chi connectivity index (χ3n) is 4.26. The summed E-state index contributed by atoms with van der Waals surface area (Å²) in [5.74, 6) is -8.76. The molecule has 0 unspecified atom stereocenters.